The van der Waals surface area contributed by atoms with Crippen molar-refractivity contribution in [3.63, 3.8) is 0 Å². The Hall–Kier alpha value is -1.19. The van der Waals surface area contributed by atoms with Crippen LogP contribution >= 0.6 is 0 Å². The van der Waals surface area contributed by atoms with Gasteiger partial charge in [-0.3, -0.25) is 4.79 Å². The minimum atomic E-state index is 0.0586. The number of carbonyl (C=O) groups excluding carboxylic acids is 1. The van der Waals surface area contributed by atoms with E-state index in [0.29, 0.717) is 12.5 Å². The van der Waals surface area contributed by atoms with Crippen LogP contribution in [0, 0.1) is 11.8 Å². The van der Waals surface area contributed by atoms with Gasteiger partial charge in [0.2, 0.25) is 0 Å². The zero-order chi connectivity index (χ0) is 12.1. The largest absolute Gasteiger partial charge is 0.297 e. The molecule has 0 amide bonds. The summed E-state index contributed by atoms with van der Waals surface area (Å²) in [5.74, 6) is 0.922. The van der Waals surface area contributed by atoms with Crippen LogP contribution in [0.15, 0.2) is 6.20 Å². The van der Waals surface area contributed by atoms with Crippen LogP contribution in [0.2, 0.25) is 0 Å². The lowest BCUT2D eigenvalue weighted by Gasteiger charge is -2.02. The summed E-state index contributed by atoms with van der Waals surface area (Å²) in [5.41, 5.74) is 0.977. The van der Waals surface area contributed by atoms with Crippen LogP contribution in [0.5, 0.6) is 0 Å². The van der Waals surface area contributed by atoms with Crippen molar-refractivity contribution in [1.82, 2.24) is 15.0 Å². The van der Waals surface area contributed by atoms with Gasteiger partial charge in [-0.05, 0) is 18.8 Å². The summed E-state index contributed by atoms with van der Waals surface area (Å²) in [6.07, 6.45) is 3.92. The minimum Gasteiger partial charge on any atom is -0.297 e. The molecular formula is C12H21N3O. The monoisotopic (exact) mass is 223 g/mol. The highest BCUT2D eigenvalue weighted by molar-refractivity contribution is 5.79. The molecule has 0 saturated heterocycles. The zero-order valence-corrected chi connectivity index (χ0v) is 10.6. The average Bonchev–Trinajstić information content (AvgIpc) is 2.62. The van der Waals surface area contributed by atoms with E-state index in [-0.39, 0.29) is 11.7 Å². The Morgan fingerprint density at radius 2 is 2.06 bits per heavy atom. The predicted molar refractivity (Wildman–Crippen MR) is 63.0 cm³/mol. The summed E-state index contributed by atoms with van der Waals surface area (Å²) in [4.78, 5) is 11.5. The fraction of sp³-hybridized carbons (Fsp3) is 0.750. The van der Waals surface area contributed by atoms with E-state index in [0.717, 1.165) is 18.5 Å². The van der Waals surface area contributed by atoms with E-state index < -0.39 is 0 Å². The molecule has 0 atom stereocenters. The summed E-state index contributed by atoms with van der Waals surface area (Å²) < 4.78 is 1.64. The van der Waals surface area contributed by atoms with Crippen LogP contribution in [0.3, 0.4) is 0 Å². The van der Waals surface area contributed by atoms with Gasteiger partial charge >= 0.3 is 0 Å². The van der Waals surface area contributed by atoms with Gasteiger partial charge in [0, 0.05) is 12.1 Å². The maximum Gasteiger partial charge on any atom is 0.156 e. The number of rotatable bonds is 6. The molecule has 1 aromatic heterocycles. The molecule has 0 aromatic carbocycles. The SMILES string of the molecule is CC(C)CCc1cn(CC(=O)C(C)C)nn1. The molecule has 1 heterocycles. The number of ketones is 1. The van der Waals surface area contributed by atoms with Gasteiger partial charge in [-0.2, -0.15) is 0 Å². The first-order valence-electron chi connectivity index (χ1n) is 5.90. The van der Waals surface area contributed by atoms with Crippen molar-refractivity contribution in [1.29, 1.82) is 0 Å². The lowest BCUT2D eigenvalue weighted by atomic mass is 10.1. The van der Waals surface area contributed by atoms with Gasteiger partial charge in [0.15, 0.2) is 5.78 Å². The Labute approximate surface area is 97.0 Å². The number of hydrogen-bond donors (Lipinski definition) is 0. The van der Waals surface area contributed by atoms with Crippen LogP contribution in [0.25, 0.3) is 0 Å². The smallest absolute Gasteiger partial charge is 0.156 e. The van der Waals surface area contributed by atoms with Crippen molar-refractivity contribution in [3.8, 4) is 0 Å². The maximum absolute atomic E-state index is 11.5. The highest BCUT2D eigenvalue weighted by Gasteiger charge is 2.09. The van der Waals surface area contributed by atoms with Crippen LogP contribution in [0.4, 0.5) is 0 Å². The number of nitrogens with zero attached hydrogens (tertiary/aromatic N) is 3. The molecule has 4 nitrogen and oxygen atoms in total. The topological polar surface area (TPSA) is 47.8 Å². The summed E-state index contributed by atoms with van der Waals surface area (Å²) in [6.45, 7) is 8.52. The third kappa shape index (κ3) is 4.13. The van der Waals surface area contributed by atoms with Gasteiger partial charge in [0.05, 0.1) is 5.69 Å². The van der Waals surface area contributed by atoms with Crippen molar-refractivity contribution in [2.45, 2.75) is 47.1 Å². The third-order valence-corrected chi connectivity index (χ3v) is 2.53. The summed E-state index contributed by atoms with van der Waals surface area (Å²) >= 11 is 0. The maximum atomic E-state index is 11.5. The van der Waals surface area contributed by atoms with Gasteiger partial charge in [0.1, 0.15) is 6.54 Å². The second-order valence-corrected chi connectivity index (χ2v) is 4.96. The van der Waals surface area contributed by atoms with Crippen LogP contribution in [-0.2, 0) is 17.8 Å². The van der Waals surface area contributed by atoms with Crippen molar-refractivity contribution in [2.75, 3.05) is 0 Å². The molecular weight excluding hydrogens is 202 g/mol. The summed E-state index contributed by atoms with van der Waals surface area (Å²) in [7, 11) is 0. The molecule has 1 aromatic rings. The van der Waals surface area contributed by atoms with Gasteiger partial charge in [-0.1, -0.05) is 32.9 Å². The Kier molecular flexibility index (Phi) is 4.65. The number of Topliss-reactive ketones (excluding diaryl/α,β-unsaturated/α-hetero) is 1. The molecule has 0 bridgehead atoms. The molecule has 1 rings (SSSR count). The zero-order valence-electron chi connectivity index (χ0n) is 10.6. The molecule has 0 aliphatic rings. The van der Waals surface area contributed by atoms with Crippen molar-refractivity contribution >= 4 is 5.78 Å². The summed E-state index contributed by atoms with van der Waals surface area (Å²) in [5, 5.41) is 8.02. The Morgan fingerprint density at radius 3 is 2.62 bits per heavy atom. The highest BCUT2D eigenvalue weighted by atomic mass is 16.1. The van der Waals surface area contributed by atoms with E-state index in [9.17, 15) is 4.79 Å². The van der Waals surface area contributed by atoms with E-state index in [4.69, 9.17) is 0 Å². The van der Waals surface area contributed by atoms with E-state index in [1.807, 2.05) is 20.0 Å². The molecule has 16 heavy (non-hydrogen) atoms. The van der Waals surface area contributed by atoms with Crippen molar-refractivity contribution in [2.24, 2.45) is 11.8 Å². The molecule has 0 aliphatic heterocycles. The predicted octanol–water partition coefficient (Wildman–Crippen LogP) is 2.09. The van der Waals surface area contributed by atoms with Crippen molar-refractivity contribution < 1.29 is 4.79 Å². The van der Waals surface area contributed by atoms with E-state index >= 15 is 0 Å². The Bertz CT molecular complexity index is 342. The molecule has 90 valence electrons. The lowest BCUT2D eigenvalue weighted by Crippen LogP contribution is -2.15. The minimum absolute atomic E-state index is 0.0586. The molecule has 0 aliphatic carbocycles. The normalized spacial score (nSPS) is 11.4. The van der Waals surface area contributed by atoms with E-state index in [2.05, 4.69) is 24.2 Å². The number of aryl methyl sites for hydroxylation is 1. The fourth-order valence-corrected chi connectivity index (χ4v) is 1.31. The molecule has 0 spiro atoms. The van der Waals surface area contributed by atoms with Gasteiger partial charge < -0.3 is 0 Å². The van der Waals surface area contributed by atoms with Crippen LogP contribution in [-0.4, -0.2) is 20.8 Å². The van der Waals surface area contributed by atoms with Gasteiger partial charge in [-0.25, -0.2) is 4.68 Å². The highest BCUT2D eigenvalue weighted by Crippen LogP contribution is 2.06. The quantitative estimate of drug-likeness (QED) is 0.742. The molecule has 0 N–H and O–H groups in total. The lowest BCUT2D eigenvalue weighted by molar-refractivity contribution is -0.122. The first kappa shape index (κ1) is 12.9. The van der Waals surface area contributed by atoms with Crippen LogP contribution < -0.4 is 0 Å². The van der Waals surface area contributed by atoms with Crippen molar-refractivity contribution in [3.05, 3.63) is 11.9 Å². The van der Waals surface area contributed by atoms with Gasteiger partial charge in [0.25, 0.3) is 0 Å². The van der Waals surface area contributed by atoms with E-state index in [1.165, 1.54) is 0 Å². The first-order valence-corrected chi connectivity index (χ1v) is 5.90. The molecule has 0 fully saturated rings. The second-order valence-electron chi connectivity index (χ2n) is 4.96. The third-order valence-electron chi connectivity index (χ3n) is 2.53. The number of carbonyl (C=O) groups is 1. The Balaban J connectivity index is 2.48. The van der Waals surface area contributed by atoms with E-state index in [1.54, 1.807) is 4.68 Å². The number of hydrogen-bond acceptors (Lipinski definition) is 3. The van der Waals surface area contributed by atoms with Gasteiger partial charge in [-0.15, -0.1) is 5.10 Å². The second kappa shape index (κ2) is 5.77. The molecule has 0 unspecified atom stereocenters. The molecule has 4 heteroatoms. The fourth-order valence-electron chi connectivity index (χ4n) is 1.31. The Morgan fingerprint density at radius 1 is 1.38 bits per heavy atom. The number of aromatic nitrogens is 3. The molecule has 0 radical (unpaired) electrons. The standard InChI is InChI=1S/C12H21N3O/c1-9(2)5-6-11-7-15(14-13-11)8-12(16)10(3)4/h7,9-10H,5-6,8H2,1-4H3. The summed E-state index contributed by atoms with van der Waals surface area (Å²) in [6, 6.07) is 0. The molecule has 0 saturated carbocycles. The van der Waals surface area contributed by atoms with Crippen LogP contribution in [0.1, 0.15) is 39.8 Å². The first-order chi connectivity index (χ1) is 7.49. The average molecular weight is 223 g/mol.